The van der Waals surface area contributed by atoms with Gasteiger partial charge in [0.25, 0.3) is 0 Å². The van der Waals surface area contributed by atoms with Gasteiger partial charge in [-0.3, -0.25) is 0 Å². The molecule has 22 heavy (non-hydrogen) atoms. The lowest BCUT2D eigenvalue weighted by atomic mass is 9.95. The van der Waals surface area contributed by atoms with Crippen LogP contribution in [0, 0.1) is 0 Å². The van der Waals surface area contributed by atoms with Crippen LogP contribution in [0.25, 0.3) is 0 Å². The van der Waals surface area contributed by atoms with Crippen molar-refractivity contribution in [2.45, 2.75) is 70.3 Å². The molecule has 0 bridgehead atoms. The van der Waals surface area contributed by atoms with Crippen LogP contribution >= 0.6 is 0 Å². The van der Waals surface area contributed by atoms with E-state index in [0.29, 0.717) is 26.1 Å². The summed E-state index contributed by atoms with van der Waals surface area (Å²) >= 11 is 0. The largest absolute Gasteiger partial charge is 0.444 e. The molecule has 0 spiro atoms. The van der Waals surface area contributed by atoms with E-state index in [0.717, 1.165) is 19.4 Å². The molecule has 2 N–H and O–H groups in total. The summed E-state index contributed by atoms with van der Waals surface area (Å²) in [6.45, 7) is 10.00. The number of aliphatic hydroxyl groups is 1. The monoisotopic (exact) mass is 314 g/mol. The van der Waals surface area contributed by atoms with Gasteiger partial charge in [-0.1, -0.05) is 0 Å². The van der Waals surface area contributed by atoms with E-state index in [2.05, 4.69) is 5.32 Å². The Kier molecular flexibility index (Phi) is 5.35. The molecule has 1 amide bonds. The minimum atomic E-state index is -0.797. The topological polar surface area (TPSA) is 71.0 Å². The van der Waals surface area contributed by atoms with E-state index >= 15 is 0 Å². The lowest BCUT2D eigenvalue weighted by Crippen LogP contribution is -2.54. The molecule has 3 atom stereocenters. The van der Waals surface area contributed by atoms with E-state index in [1.165, 1.54) is 0 Å². The van der Waals surface area contributed by atoms with E-state index < -0.39 is 11.2 Å². The first kappa shape index (κ1) is 17.5. The van der Waals surface area contributed by atoms with E-state index in [1.807, 2.05) is 27.7 Å². The van der Waals surface area contributed by atoms with Gasteiger partial charge in [-0.2, -0.15) is 0 Å². The summed E-state index contributed by atoms with van der Waals surface area (Å²) < 4.78 is 10.9. The maximum Gasteiger partial charge on any atom is 0.410 e. The molecular formula is C16H30N2O4. The summed E-state index contributed by atoms with van der Waals surface area (Å²) in [5.74, 6) is 0. The Morgan fingerprint density at radius 1 is 1.50 bits per heavy atom. The van der Waals surface area contributed by atoms with Crippen molar-refractivity contribution < 1.29 is 19.4 Å². The number of hydrogen-bond donors (Lipinski definition) is 2. The maximum absolute atomic E-state index is 12.1. The predicted molar refractivity (Wildman–Crippen MR) is 83.8 cm³/mol. The Balaban J connectivity index is 1.82. The quantitative estimate of drug-likeness (QED) is 0.826. The average molecular weight is 314 g/mol. The van der Waals surface area contributed by atoms with Crippen LogP contribution in [0.4, 0.5) is 4.79 Å². The number of ether oxygens (including phenoxy) is 2. The minimum Gasteiger partial charge on any atom is -0.444 e. The third-order valence-corrected chi connectivity index (χ3v) is 4.43. The van der Waals surface area contributed by atoms with Gasteiger partial charge in [0.05, 0.1) is 6.10 Å². The fourth-order valence-corrected chi connectivity index (χ4v) is 2.96. The maximum atomic E-state index is 12.1. The van der Waals surface area contributed by atoms with E-state index in [1.54, 1.807) is 4.90 Å². The second-order valence-corrected chi connectivity index (χ2v) is 7.51. The van der Waals surface area contributed by atoms with Crippen molar-refractivity contribution in [2.24, 2.45) is 0 Å². The van der Waals surface area contributed by atoms with Crippen molar-refractivity contribution in [3.05, 3.63) is 0 Å². The highest BCUT2D eigenvalue weighted by atomic mass is 16.6. The molecule has 2 heterocycles. The summed E-state index contributed by atoms with van der Waals surface area (Å²) in [7, 11) is 0. The van der Waals surface area contributed by atoms with Crippen LogP contribution in [-0.2, 0) is 9.47 Å². The van der Waals surface area contributed by atoms with Crippen LogP contribution < -0.4 is 5.32 Å². The molecule has 3 unspecified atom stereocenters. The van der Waals surface area contributed by atoms with Crippen molar-refractivity contribution in [2.75, 3.05) is 26.2 Å². The van der Waals surface area contributed by atoms with Crippen molar-refractivity contribution >= 4 is 6.09 Å². The van der Waals surface area contributed by atoms with E-state index in [4.69, 9.17) is 9.47 Å². The molecule has 0 aromatic rings. The SMILES string of the molecule is CC1OCCC1(O)CNC1CCCN(C(=O)OC(C)(C)C)C1. The van der Waals surface area contributed by atoms with Crippen molar-refractivity contribution in [1.29, 1.82) is 0 Å². The summed E-state index contributed by atoms with van der Waals surface area (Å²) in [6, 6.07) is 0.193. The molecule has 2 saturated heterocycles. The number of rotatable bonds is 3. The molecule has 2 rings (SSSR count). The number of amides is 1. The smallest absolute Gasteiger partial charge is 0.410 e. The number of piperidine rings is 1. The number of carbonyl (C=O) groups excluding carboxylic acids is 1. The third-order valence-electron chi connectivity index (χ3n) is 4.43. The molecule has 6 heteroatoms. The highest BCUT2D eigenvalue weighted by molar-refractivity contribution is 5.68. The van der Waals surface area contributed by atoms with Crippen LogP contribution in [0.5, 0.6) is 0 Å². The van der Waals surface area contributed by atoms with Gasteiger partial charge < -0.3 is 24.8 Å². The molecule has 128 valence electrons. The second kappa shape index (κ2) is 6.72. The Bertz CT molecular complexity index is 396. The van der Waals surface area contributed by atoms with Gasteiger partial charge in [-0.15, -0.1) is 0 Å². The zero-order valence-corrected chi connectivity index (χ0v) is 14.2. The van der Waals surface area contributed by atoms with Crippen molar-refractivity contribution in [3.63, 3.8) is 0 Å². The minimum absolute atomic E-state index is 0.148. The highest BCUT2D eigenvalue weighted by Crippen LogP contribution is 2.25. The summed E-state index contributed by atoms with van der Waals surface area (Å²) in [6.07, 6.45) is 2.20. The standard InChI is InChI=1S/C16H30N2O4/c1-12-16(20,7-9-21-12)11-17-13-6-5-8-18(10-13)14(19)22-15(2,3)4/h12-13,17,20H,5-11H2,1-4H3. The van der Waals surface area contributed by atoms with Gasteiger partial charge in [0.1, 0.15) is 11.2 Å². The molecule has 2 fully saturated rings. The van der Waals surface area contributed by atoms with E-state index in [9.17, 15) is 9.90 Å². The van der Waals surface area contributed by atoms with Crippen molar-refractivity contribution in [3.8, 4) is 0 Å². The summed E-state index contributed by atoms with van der Waals surface area (Å²) in [5.41, 5.74) is -1.27. The zero-order valence-electron chi connectivity index (χ0n) is 14.2. The molecular weight excluding hydrogens is 284 g/mol. The van der Waals surface area contributed by atoms with Crippen molar-refractivity contribution in [1.82, 2.24) is 10.2 Å². The predicted octanol–water partition coefficient (Wildman–Crippen LogP) is 1.52. The zero-order chi connectivity index (χ0) is 16.4. The number of likely N-dealkylation sites (tertiary alicyclic amines) is 1. The first-order valence-electron chi connectivity index (χ1n) is 8.25. The second-order valence-electron chi connectivity index (χ2n) is 7.51. The lowest BCUT2D eigenvalue weighted by Gasteiger charge is -2.36. The summed E-state index contributed by atoms with van der Waals surface area (Å²) in [4.78, 5) is 13.9. The molecule has 0 aromatic carbocycles. The highest BCUT2D eigenvalue weighted by Gasteiger charge is 2.40. The van der Waals surface area contributed by atoms with Crippen LogP contribution in [0.3, 0.4) is 0 Å². The van der Waals surface area contributed by atoms with Gasteiger partial charge in [-0.05, 0) is 40.5 Å². The number of hydrogen-bond acceptors (Lipinski definition) is 5. The van der Waals surface area contributed by atoms with Gasteiger partial charge in [-0.25, -0.2) is 4.79 Å². The molecule has 0 radical (unpaired) electrons. The third kappa shape index (κ3) is 4.57. The van der Waals surface area contributed by atoms with Crippen LogP contribution in [0.2, 0.25) is 0 Å². The molecule has 2 aliphatic rings. The van der Waals surface area contributed by atoms with Crippen LogP contribution in [0.1, 0.15) is 47.0 Å². The Hall–Kier alpha value is -0.850. The van der Waals surface area contributed by atoms with Crippen LogP contribution in [-0.4, -0.2) is 65.7 Å². The average Bonchev–Trinajstić information content (AvgIpc) is 2.75. The first-order valence-corrected chi connectivity index (χ1v) is 8.25. The number of carbonyl (C=O) groups is 1. The molecule has 0 aromatic heterocycles. The fraction of sp³-hybridized carbons (Fsp3) is 0.938. The van der Waals surface area contributed by atoms with E-state index in [-0.39, 0.29) is 18.2 Å². The molecule has 6 nitrogen and oxygen atoms in total. The number of nitrogens with one attached hydrogen (secondary N) is 1. The van der Waals surface area contributed by atoms with Gasteiger partial charge in [0, 0.05) is 38.7 Å². The normalized spacial score (nSPS) is 33.0. The molecule has 0 aliphatic carbocycles. The van der Waals surface area contributed by atoms with Gasteiger partial charge in [0.15, 0.2) is 0 Å². The lowest BCUT2D eigenvalue weighted by molar-refractivity contribution is -0.0295. The molecule has 0 saturated carbocycles. The van der Waals surface area contributed by atoms with Crippen LogP contribution in [0.15, 0.2) is 0 Å². The first-order chi connectivity index (χ1) is 10.2. The number of nitrogens with zero attached hydrogens (tertiary/aromatic N) is 1. The van der Waals surface area contributed by atoms with Gasteiger partial charge in [0.2, 0.25) is 0 Å². The Morgan fingerprint density at radius 3 is 2.82 bits per heavy atom. The molecule has 2 aliphatic heterocycles. The Morgan fingerprint density at radius 2 is 2.23 bits per heavy atom. The Labute approximate surface area is 133 Å². The van der Waals surface area contributed by atoms with Gasteiger partial charge >= 0.3 is 6.09 Å². The summed E-state index contributed by atoms with van der Waals surface area (Å²) in [5, 5.41) is 13.9. The fourth-order valence-electron chi connectivity index (χ4n) is 2.96.